The molecule has 0 aliphatic heterocycles. The average Bonchev–Trinajstić information content (AvgIpc) is 2.43. The molecule has 0 aliphatic rings. The number of nitrogens with zero attached hydrogens (tertiary/aromatic N) is 2. The van der Waals surface area contributed by atoms with Gasteiger partial charge >= 0.3 is 0 Å². The molecule has 0 saturated carbocycles. The summed E-state index contributed by atoms with van der Waals surface area (Å²) >= 11 is 0. The van der Waals surface area contributed by atoms with Crippen LogP contribution in [-0.4, -0.2) is 24.6 Å². The van der Waals surface area contributed by atoms with Crippen LogP contribution < -0.4 is 15.8 Å². The van der Waals surface area contributed by atoms with Crippen LogP contribution in [0.2, 0.25) is 0 Å². The Kier molecular flexibility index (Phi) is 4.12. The summed E-state index contributed by atoms with van der Waals surface area (Å²) in [5.41, 5.74) is 3.02. The third kappa shape index (κ3) is 3.31. The van der Waals surface area contributed by atoms with Gasteiger partial charge in [0.2, 0.25) is 0 Å². The molecule has 0 saturated heterocycles. The van der Waals surface area contributed by atoms with Crippen molar-refractivity contribution in [2.45, 2.75) is 6.92 Å². The summed E-state index contributed by atoms with van der Waals surface area (Å²) in [5, 5.41) is 2.81. The predicted octanol–water partition coefficient (Wildman–Crippen LogP) is 2.01. The molecule has 2 aromatic rings. The molecule has 0 radical (unpaired) electrons. The Morgan fingerprint density at radius 1 is 1.19 bits per heavy atom. The van der Waals surface area contributed by atoms with Crippen molar-refractivity contribution in [3.63, 3.8) is 0 Å². The summed E-state index contributed by atoms with van der Waals surface area (Å²) in [7, 11) is 5.55. The Hall–Kier alpha value is -2.56. The third-order valence-corrected chi connectivity index (χ3v) is 3.32. The molecule has 0 bridgehead atoms. The lowest BCUT2D eigenvalue weighted by Crippen LogP contribution is -2.20. The molecule has 1 N–H and O–H groups in total. The van der Waals surface area contributed by atoms with Gasteiger partial charge in [-0.05, 0) is 30.7 Å². The highest BCUT2D eigenvalue weighted by atomic mass is 16.2. The number of hydrogen-bond donors (Lipinski definition) is 1. The number of hydrogen-bond acceptors (Lipinski definition) is 3. The van der Waals surface area contributed by atoms with Crippen LogP contribution in [0.5, 0.6) is 0 Å². The van der Waals surface area contributed by atoms with Gasteiger partial charge in [-0.2, -0.15) is 0 Å². The van der Waals surface area contributed by atoms with Crippen molar-refractivity contribution in [3.8, 4) is 0 Å². The number of carbonyl (C=O) groups excluding carboxylic acids is 1. The minimum absolute atomic E-state index is 0.208. The van der Waals surface area contributed by atoms with E-state index in [9.17, 15) is 9.59 Å². The van der Waals surface area contributed by atoms with Gasteiger partial charge in [0.1, 0.15) is 0 Å². The largest absolute Gasteiger partial charge is 0.377 e. The second-order valence-electron chi connectivity index (χ2n) is 5.21. The van der Waals surface area contributed by atoms with Crippen LogP contribution in [-0.2, 0) is 7.05 Å². The maximum absolute atomic E-state index is 12.2. The molecular formula is C16H19N3O2. The lowest BCUT2D eigenvalue weighted by Gasteiger charge is -2.17. The second-order valence-corrected chi connectivity index (χ2v) is 5.21. The Balaban J connectivity index is 2.25. The van der Waals surface area contributed by atoms with E-state index in [1.54, 1.807) is 19.3 Å². The molecule has 0 spiro atoms. The van der Waals surface area contributed by atoms with E-state index in [-0.39, 0.29) is 11.5 Å². The molecule has 5 heteroatoms. The summed E-state index contributed by atoms with van der Waals surface area (Å²) in [6.45, 7) is 2.02. The first kappa shape index (κ1) is 14.8. The van der Waals surface area contributed by atoms with Crippen LogP contribution in [0, 0.1) is 6.92 Å². The number of aromatic nitrogens is 1. The van der Waals surface area contributed by atoms with E-state index < -0.39 is 0 Å². The summed E-state index contributed by atoms with van der Waals surface area (Å²) in [6, 6.07) is 8.67. The number of pyridine rings is 1. The van der Waals surface area contributed by atoms with E-state index in [0.717, 1.165) is 11.3 Å². The second kappa shape index (κ2) is 5.83. The standard InChI is InChI=1S/C16H19N3O2/c1-11-5-6-13(10-14(11)18(2)3)17-16(21)12-7-8-19(4)15(20)9-12/h5-10H,1-4H3,(H,17,21). The van der Waals surface area contributed by atoms with Gasteiger partial charge in [0.25, 0.3) is 11.5 Å². The minimum Gasteiger partial charge on any atom is -0.377 e. The zero-order valence-electron chi connectivity index (χ0n) is 12.7. The molecule has 0 unspecified atom stereocenters. The molecule has 5 nitrogen and oxygen atoms in total. The molecule has 1 heterocycles. The van der Waals surface area contributed by atoms with Crippen molar-refractivity contribution >= 4 is 17.3 Å². The first-order valence-corrected chi connectivity index (χ1v) is 6.64. The lowest BCUT2D eigenvalue weighted by atomic mass is 10.1. The molecule has 110 valence electrons. The van der Waals surface area contributed by atoms with E-state index >= 15 is 0 Å². The van der Waals surface area contributed by atoms with Crippen LogP contribution in [0.25, 0.3) is 0 Å². The summed E-state index contributed by atoms with van der Waals surface area (Å²) < 4.78 is 1.42. The maximum Gasteiger partial charge on any atom is 0.255 e. The minimum atomic E-state index is -0.291. The van der Waals surface area contributed by atoms with Gasteiger partial charge in [-0.25, -0.2) is 0 Å². The lowest BCUT2D eigenvalue weighted by molar-refractivity contribution is 0.102. The van der Waals surface area contributed by atoms with Crippen LogP contribution in [0.1, 0.15) is 15.9 Å². The van der Waals surface area contributed by atoms with Gasteiger partial charge in [0.15, 0.2) is 0 Å². The number of amides is 1. The quantitative estimate of drug-likeness (QED) is 0.938. The number of benzene rings is 1. The fourth-order valence-electron chi connectivity index (χ4n) is 2.06. The fourth-order valence-corrected chi connectivity index (χ4v) is 2.06. The van der Waals surface area contributed by atoms with Crippen LogP contribution >= 0.6 is 0 Å². The summed E-state index contributed by atoms with van der Waals surface area (Å²) in [4.78, 5) is 25.7. The molecule has 2 rings (SSSR count). The Labute approximate surface area is 123 Å². The normalized spacial score (nSPS) is 10.3. The van der Waals surface area contributed by atoms with Crippen molar-refractivity contribution < 1.29 is 4.79 Å². The highest BCUT2D eigenvalue weighted by Crippen LogP contribution is 2.22. The molecular weight excluding hydrogens is 266 g/mol. The van der Waals surface area contributed by atoms with Crippen LogP contribution in [0.3, 0.4) is 0 Å². The monoisotopic (exact) mass is 285 g/mol. The van der Waals surface area contributed by atoms with Gasteiger partial charge < -0.3 is 14.8 Å². The van der Waals surface area contributed by atoms with Gasteiger partial charge in [-0.3, -0.25) is 9.59 Å². The molecule has 0 atom stereocenters. The zero-order valence-corrected chi connectivity index (χ0v) is 12.7. The number of aryl methyl sites for hydroxylation is 2. The molecule has 0 aliphatic carbocycles. The Morgan fingerprint density at radius 3 is 2.52 bits per heavy atom. The first-order chi connectivity index (χ1) is 9.88. The maximum atomic E-state index is 12.2. The average molecular weight is 285 g/mol. The Morgan fingerprint density at radius 2 is 1.90 bits per heavy atom. The summed E-state index contributed by atoms with van der Waals surface area (Å²) in [6.07, 6.45) is 1.58. The Bertz CT molecular complexity index is 733. The molecule has 21 heavy (non-hydrogen) atoms. The topological polar surface area (TPSA) is 54.3 Å². The van der Waals surface area contributed by atoms with Gasteiger partial charge in [-0.1, -0.05) is 6.07 Å². The van der Waals surface area contributed by atoms with E-state index in [0.29, 0.717) is 11.3 Å². The van der Waals surface area contributed by atoms with E-state index in [2.05, 4.69) is 5.32 Å². The van der Waals surface area contributed by atoms with Crippen molar-refractivity contribution in [2.24, 2.45) is 7.05 Å². The molecule has 1 aromatic carbocycles. The molecule has 1 aromatic heterocycles. The van der Waals surface area contributed by atoms with E-state index in [1.165, 1.54) is 10.6 Å². The zero-order chi connectivity index (χ0) is 15.6. The number of carbonyl (C=O) groups is 1. The number of anilines is 2. The number of rotatable bonds is 3. The van der Waals surface area contributed by atoms with Gasteiger partial charge in [0.05, 0.1) is 0 Å². The smallest absolute Gasteiger partial charge is 0.255 e. The predicted molar refractivity (Wildman–Crippen MR) is 85.1 cm³/mol. The highest BCUT2D eigenvalue weighted by molar-refractivity contribution is 6.04. The van der Waals surface area contributed by atoms with Crippen molar-refractivity contribution in [1.82, 2.24) is 4.57 Å². The first-order valence-electron chi connectivity index (χ1n) is 6.64. The van der Waals surface area contributed by atoms with Gasteiger partial charge in [0, 0.05) is 50.3 Å². The van der Waals surface area contributed by atoms with Crippen molar-refractivity contribution in [3.05, 3.63) is 58.0 Å². The number of nitrogens with one attached hydrogen (secondary N) is 1. The molecule has 0 fully saturated rings. The SMILES string of the molecule is Cc1ccc(NC(=O)c2ccn(C)c(=O)c2)cc1N(C)C. The van der Waals surface area contributed by atoms with Crippen molar-refractivity contribution in [2.75, 3.05) is 24.3 Å². The summed E-state index contributed by atoms with van der Waals surface area (Å²) in [5.74, 6) is -0.291. The van der Waals surface area contributed by atoms with Crippen LogP contribution in [0.4, 0.5) is 11.4 Å². The fraction of sp³-hybridized carbons (Fsp3) is 0.250. The van der Waals surface area contributed by atoms with E-state index in [1.807, 2.05) is 44.1 Å². The third-order valence-electron chi connectivity index (χ3n) is 3.32. The highest BCUT2D eigenvalue weighted by Gasteiger charge is 2.09. The van der Waals surface area contributed by atoms with E-state index in [4.69, 9.17) is 0 Å². The molecule has 1 amide bonds. The van der Waals surface area contributed by atoms with Crippen molar-refractivity contribution in [1.29, 1.82) is 0 Å². The van der Waals surface area contributed by atoms with Crippen LogP contribution in [0.15, 0.2) is 41.3 Å². The van der Waals surface area contributed by atoms with Gasteiger partial charge in [-0.15, -0.1) is 0 Å².